The Morgan fingerprint density at radius 2 is 1.89 bits per heavy atom. The first kappa shape index (κ1) is 27.8. The Kier molecular flexibility index (Phi) is 7.98. The molecule has 0 aromatic heterocycles. The maximum absolute atomic E-state index is 14.1. The van der Waals surface area contributed by atoms with E-state index in [2.05, 4.69) is 39.6 Å². The van der Waals surface area contributed by atoms with Gasteiger partial charge in [-0.05, 0) is 48.3 Å². The van der Waals surface area contributed by atoms with Gasteiger partial charge in [0.05, 0.1) is 19.3 Å². The number of carbonyl (C=O) groups is 2. The minimum absolute atomic E-state index is 0.00552. The molecule has 2 aromatic carbocycles. The molecule has 2 heterocycles. The lowest BCUT2D eigenvalue weighted by atomic mass is 9.82. The molecular weight excluding hydrogens is 476 g/mol. The van der Waals surface area contributed by atoms with Crippen LogP contribution in [0.2, 0.25) is 0 Å². The van der Waals surface area contributed by atoms with Gasteiger partial charge in [0.15, 0.2) is 0 Å². The third-order valence-corrected chi connectivity index (χ3v) is 7.70. The van der Waals surface area contributed by atoms with E-state index < -0.39 is 5.54 Å². The highest BCUT2D eigenvalue weighted by Crippen LogP contribution is 2.31. The van der Waals surface area contributed by atoms with Gasteiger partial charge in [0, 0.05) is 17.7 Å². The number of nitrogens with zero attached hydrogens (tertiary/aromatic N) is 2. The molecule has 1 saturated heterocycles. The minimum atomic E-state index is -0.900. The number of ether oxygens (including phenoxy) is 1. The van der Waals surface area contributed by atoms with E-state index in [-0.39, 0.29) is 29.8 Å². The van der Waals surface area contributed by atoms with Crippen LogP contribution in [-0.4, -0.2) is 53.4 Å². The summed E-state index contributed by atoms with van der Waals surface area (Å²) in [5.41, 5.74) is 8.82. The van der Waals surface area contributed by atoms with Crippen LogP contribution in [0.5, 0.6) is 0 Å². The monoisotopic (exact) mass is 519 g/mol. The number of guanidine groups is 1. The van der Waals surface area contributed by atoms with Crippen molar-refractivity contribution in [1.29, 1.82) is 0 Å². The summed E-state index contributed by atoms with van der Waals surface area (Å²) in [6.07, 6.45) is 1.53. The number of amides is 2. The molecule has 2 aromatic rings. The number of nitrogens with one attached hydrogen (secondary N) is 1. The number of benzene rings is 2. The van der Waals surface area contributed by atoms with Crippen LogP contribution >= 0.6 is 0 Å². The fourth-order valence-electron chi connectivity index (χ4n) is 5.46. The van der Waals surface area contributed by atoms with Crippen LogP contribution < -0.4 is 10.7 Å². The van der Waals surface area contributed by atoms with Crippen molar-refractivity contribution in [2.75, 3.05) is 19.8 Å². The molecule has 2 amide bonds. The van der Waals surface area contributed by atoms with Gasteiger partial charge in [0.1, 0.15) is 6.54 Å². The average Bonchev–Trinajstić information content (AvgIpc) is 3.12. The normalized spacial score (nSPS) is 22.2. The maximum atomic E-state index is 14.1. The van der Waals surface area contributed by atoms with Gasteiger partial charge in [0.2, 0.25) is 5.54 Å². The van der Waals surface area contributed by atoms with Gasteiger partial charge in [-0.25, -0.2) is 0 Å². The fourth-order valence-corrected chi connectivity index (χ4v) is 5.46. The summed E-state index contributed by atoms with van der Waals surface area (Å²) in [6.45, 7) is 14.6. The minimum Gasteiger partial charge on any atom is -0.377 e. The number of nitrogens with two attached hydrogens (primary N) is 1. The van der Waals surface area contributed by atoms with Gasteiger partial charge in [-0.3, -0.25) is 20.3 Å². The number of hydrogen-bond donors (Lipinski definition) is 2. The van der Waals surface area contributed by atoms with Crippen molar-refractivity contribution in [3.8, 4) is 0 Å². The SMILES string of the molecule is CC(C)CC[C@]1(c2ccccc2)[NH+]=C(N)N(Cc2ccc(C(C)(C)C)c(C(=O)N3CCOC[C@@H]3C)c2)C1=O. The van der Waals surface area contributed by atoms with Crippen molar-refractivity contribution in [1.82, 2.24) is 9.80 Å². The predicted molar refractivity (Wildman–Crippen MR) is 149 cm³/mol. The third-order valence-electron chi connectivity index (χ3n) is 7.70. The van der Waals surface area contributed by atoms with Crippen LogP contribution in [0.25, 0.3) is 0 Å². The first-order valence-corrected chi connectivity index (χ1v) is 13.7. The molecule has 38 heavy (non-hydrogen) atoms. The first-order chi connectivity index (χ1) is 17.9. The summed E-state index contributed by atoms with van der Waals surface area (Å²) < 4.78 is 5.56. The second-order valence-corrected chi connectivity index (χ2v) is 12.2. The molecule has 2 aliphatic heterocycles. The molecule has 0 bridgehead atoms. The van der Waals surface area contributed by atoms with Crippen molar-refractivity contribution in [3.63, 3.8) is 0 Å². The summed E-state index contributed by atoms with van der Waals surface area (Å²) in [5, 5.41) is 0. The van der Waals surface area contributed by atoms with E-state index in [0.29, 0.717) is 43.6 Å². The van der Waals surface area contributed by atoms with Crippen LogP contribution in [-0.2, 0) is 27.0 Å². The summed E-state index contributed by atoms with van der Waals surface area (Å²) >= 11 is 0. The van der Waals surface area contributed by atoms with Crippen molar-refractivity contribution in [2.45, 2.75) is 77.9 Å². The van der Waals surface area contributed by atoms with Crippen LogP contribution in [0.3, 0.4) is 0 Å². The Labute approximate surface area is 227 Å². The Morgan fingerprint density at radius 1 is 1.18 bits per heavy atom. The van der Waals surface area contributed by atoms with Crippen molar-refractivity contribution >= 4 is 17.8 Å². The van der Waals surface area contributed by atoms with Crippen LogP contribution in [0.1, 0.15) is 81.4 Å². The van der Waals surface area contributed by atoms with E-state index in [1.54, 1.807) is 4.90 Å². The second kappa shape index (κ2) is 10.9. The molecule has 0 saturated carbocycles. The number of morpholine rings is 1. The molecule has 7 nitrogen and oxygen atoms in total. The van der Waals surface area contributed by atoms with E-state index in [1.165, 1.54) is 0 Å². The molecular formula is C31H43N4O3+. The zero-order chi connectivity index (χ0) is 27.7. The molecule has 204 valence electrons. The summed E-state index contributed by atoms with van der Waals surface area (Å²) in [5.74, 6) is 0.737. The zero-order valence-corrected chi connectivity index (χ0v) is 23.7. The molecule has 1 fully saturated rings. The number of rotatable bonds is 7. The van der Waals surface area contributed by atoms with E-state index >= 15 is 0 Å². The largest absolute Gasteiger partial charge is 0.377 e. The lowest BCUT2D eigenvalue weighted by Gasteiger charge is -2.35. The van der Waals surface area contributed by atoms with Gasteiger partial charge in [-0.1, -0.05) is 77.1 Å². The maximum Gasteiger partial charge on any atom is 0.352 e. The highest BCUT2D eigenvalue weighted by Gasteiger charge is 2.53. The molecule has 2 aliphatic rings. The molecule has 0 radical (unpaired) electrons. The van der Waals surface area contributed by atoms with Gasteiger partial charge in [-0.2, -0.15) is 4.90 Å². The smallest absolute Gasteiger partial charge is 0.352 e. The molecule has 2 atom stereocenters. The second-order valence-electron chi connectivity index (χ2n) is 12.2. The van der Waals surface area contributed by atoms with Crippen molar-refractivity contribution in [3.05, 3.63) is 70.8 Å². The number of hydrogen-bond acceptors (Lipinski definition) is 4. The fraction of sp³-hybridized carbons (Fsp3) is 0.516. The van der Waals surface area contributed by atoms with Crippen molar-refractivity contribution in [2.24, 2.45) is 11.7 Å². The zero-order valence-electron chi connectivity index (χ0n) is 23.7. The standard InChI is InChI=1S/C31H42N4O3/c1-21(2)14-15-31(24-10-8-7-9-11-24)28(37)35(29(32)33-31)19-23-12-13-26(30(4,5)6)25(18-23)27(36)34-16-17-38-20-22(34)3/h7-13,18,21-22H,14-17,19-20H2,1-6H3,(H2,32,33)/p+1/t22-,31+/m0/s1. The Hall–Kier alpha value is -3.19. The number of carbonyl (C=O) groups excluding carboxylic acids is 2. The molecule has 7 heteroatoms. The van der Waals surface area contributed by atoms with E-state index in [1.807, 2.05) is 60.4 Å². The first-order valence-electron chi connectivity index (χ1n) is 13.7. The lowest BCUT2D eigenvalue weighted by Crippen LogP contribution is -2.85. The van der Waals surface area contributed by atoms with E-state index in [4.69, 9.17) is 10.5 Å². The summed E-state index contributed by atoms with van der Waals surface area (Å²) in [7, 11) is 0. The van der Waals surface area contributed by atoms with E-state index in [9.17, 15) is 9.59 Å². The van der Waals surface area contributed by atoms with Gasteiger partial charge < -0.3 is 9.64 Å². The highest BCUT2D eigenvalue weighted by atomic mass is 16.5. The van der Waals surface area contributed by atoms with E-state index in [0.717, 1.165) is 23.1 Å². The Morgan fingerprint density at radius 3 is 2.53 bits per heavy atom. The highest BCUT2D eigenvalue weighted by molar-refractivity contribution is 6.02. The lowest BCUT2D eigenvalue weighted by molar-refractivity contribution is -0.540. The molecule has 0 aliphatic carbocycles. The Balaban J connectivity index is 1.68. The average molecular weight is 520 g/mol. The molecule has 4 rings (SSSR count). The summed E-state index contributed by atoms with van der Waals surface area (Å²) in [6, 6.07) is 15.8. The van der Waals surface area contributed by atoms with Crippen LogP contribution in [0.15, 0.2) is 48.5 Å². The Bertz CT molecular complexity index is 1200. The topological polar surface area (TPSA) is 89.8 Å². The van der Waals surface area contributed by atoms with Gasteiger partial charge in [-0.15, -0.1) is 0 Å². The summed E-state index contributed by atoms with van der Waals surface area (Å²) in [4.78, 5) is 34.7. The van der Waals surface area contributed by atoms with Crippen molar-refractivity contribution < 1.29 is 19.3 Å². The van der Waals surface area contributed by atoms with Crippen LogP contribution in [0, 0.1) is 5.92 Å². The quantitative estimate of drug-likeness (QED) is 0.589. The predicted octanol–water partition coefficient (Wildman–Crippen LogP) is 2.91. The van der Waals surface area contributed by atoms with Gasteiger partial charge >= 0.3 is 11.9 Å². The van der Waals surface area contributed by atoms with Crippen LogP contribution in [0.4, 0.5) is 0 Å². The molecule has 0 unspecified atom stereocenters. The third kappa shape index (κ3) is 5.48. The van der Waals surface area contributed by atoms with Gasteiger partial charge in [0.25, 0.3) is 5.91 Å². The molecule has 0 spiro atoms. The molecule has 3 N–H and O–H groups in total.